The number of nitrogens with zero attached hydrogens (tertiary/aromatic N) is 3. The van der Waals surface area contributed by atoms with E-state index in [0.717, 1.165) is 21.1 Å². The van der Waals surface area contributed by atoms with Crippen molar-refractivity contribution in [1.29, 1.82) is 0 Å². The Bertz CT molecular complexity index is 1370. The summed E-state index contributed by atoms with van der Waals surface area (Å²) in [6.07, 6.45) is 0.641. The lowest BCUT2D eigenvalue weighted by molar-refractivity contribution is 0.0987. The van der Waals surface area contributed by atoms with Crippen molar-refractivity contribution in [3.8, 4) is 11.3 Å². The van der Waals surface area contributed by atoms with E-state index in [1.54, 1.807) is 17.0 Å². The van der Waals surface area contributed by atoms with E-state index in [1.165, 1.54) is 37.6 Å². The van der Waals surface area contributed by atoms with E-state index in [-0.39, 0.29) is 10.8 Å². The first kappa shape index (κ1) is 23.8. The van der Waals surface area contributed by atoms with Gasteiger partial charge in [0, 0.05) is 37.1 Å². The molecule has 0 saturated heterocycles. The van der Waals surface area contributed by atoms with Crippen LogP contribution in [0, 0.1) is 0 Å². The number of anilines is 1. The zero-order chi connectivity index (χ0) is 24.1. The Morgan fingerprint density at radius 1 is 0.912 bits per heavy atom. The fraction of sp³-hybridized carbons (Fsp3) is 0.154. The topological polar surface area (TPSA) is 70.6 Å². The highest BCUT2D eigenvalue weighted by Crippen LogP contribution is 2.29. The number of hydrogen-bond donors (Lipinski definition) is 0. The summed E-state index contributed by atoms with van der Waals surface area (Å²) in [5.41, 5.74) is 3.16. The third kappa shape index (κ3) is 5.25. The number of rotatable bonds is 8. The van der Waals surface area contributed by atoms with Crippen molar-refractivity contribution in [1.82, 2.24) is 9.29 Å². The summed E-state index contributed by atoms with van der Waals surface area (Å²) in [4.78, 5) is 20.1. The van der Waals surface area contributed by atoms with Crippen molar-refractivity contribution in [2.75, 3.05) is 25.5 Å². The molecule has 0 saturated carbocycles. The first-order chi connectivity index (χ1) is 16.4. The maximum atomic E-state index is 13.6. The van der Waals surface area contributed by atoms with Gasteiger partial charge in [0.25, 0.3) is 5.91 Å². The van der Waals surface area contributed by atoms with Crippen LogP contribution < -0.4 is 4.90 Å². The van der Waals surface area contributed by atoms with E-state index in [9.17, 15) is 13.2 Å². The van der Waals surface area contributed by atoms with Crippen molar-refractivity contribution in [2.45, 2.75) is 11.3 Å². The number of benzene rings is 3. The molecular formula is C26H25N3O3S2. The zero-order valence-corrected chi connectivity index (χ0v) is 20.6. The minimum absolute atomic E-state index is 0.0791. The van der Waals surface area contributed by atoms with Crippen LogP contribution in [-0.2, 0) is 16.4 Å². The summed E-state index contributed by atoms with van der Waals surface area (Å²) < 4.78 is 26.4. The van der Waals surface area contributed by atoms with Crippen LogP contribution in [0.1, 0.15) is 15.9 Å². The number of hydrogen-bond acceptors (Lipinski definition) is 5. The number of amides is 1. The summed E-state index contributed by atoms with van der Waals surface area (Å²) in [6.45, 7) is 0.412. The average molecular weight is 492 g/mol. The van der Waals surface area contributed by atoms with Gasteiger partial charge >= 0.3 is 0 Å². The molecule has 0 aliphatic carbocycles. The van der Waals surface area contributed by atoms with Gasteiger partial charge < -0.3 is 0 Å². The second-order valence-electron chi connectivity index (χ2n) is 7.89. The quantitative estimate of drug-likeness (QED) is 0.350. The average Bonchev–Trinajstić information content (AvgIpc) is 3.35. The van der Waals surface area contributed by atoms with Gasteiger partial charge in [-0.3, -0.25) is 9.69 Å². The van der Waals surface area contributed by atoms with Crippen LogP contribution in [-0.4, -0.2) is 44.3 Å². The van der Waals surface area contributed by atoms with Crippen molar-refractivity contribution < 1.29 is 13.2 Å². The van der Waals surface area contributed by atoms with Crippen LogP contribution in [0.5, 0.6) is 0 Å². The Labute approximate surface area is 204 Å². The fourth-order valence-corrected chi connectivity index (χ4v) is 5.26. The SMILES string of the molecule is CN(C)S(=O)(=O)c1cccc(C(=O)N(CCc2ccccc2)c2nc(-c3ccccc3)cs2)c1. The van der Waals surface area contributed by atoms with Crippen LogP contribution >= 0.6 is 11.3 Å². The fourth-order valence-electron chi connectivity index (χ4n) is 3.46. The first-order valence-corrected chi connectivity index (χ1v) is 13.1. The molecule has 6 nitrogen and oxygen atoms in total. The molecule has 0 spiro atoms. The summed E-state index contributed by atoms with van der Waals surface area (Å²) in [5, 5.41) is 2.50. The lowest BCUT2D eigenvalue weighted by Gasteiger charge is -2.21. The molecule has 0 aliphatic rings. The van der Waals surface area contributed by atoms with E-state index in [1.807, 2.05) is 66.0 Å². The number of carbonyl (C=O) groups is 1. The number of carbonyl (C=O) groups excluding carboxylic acids is 1. The van der Waals surface area contributed by atoms with Gasteiger partial charge in [0.2, 0.25) is 10.0 Å². The molecule has 1 heterocycles. The van der Waals surface area contributed by atoms with Crippen molar-refractivity contribution in [3.63, 3.8) is 0 Å². The van der Waals surface area contributed by atoms with E-state index >= 15 is 0 Å². The number of thiazole rings is 1. The number of sulfonamides is 1. The van der Waals surface area contributed by atoms with Gasteiger partial charge in [-0.2, -0.15) is 0 Å². The molecule has 0 atom stereocenters. The molecule has 0 radical (unpaired) electrons. The largest absolute Gasteiger partial charge is 0.284 e. The lowest BCUT2D eigenvalue weighted by atomic mass is 10.1. The van der Waals surface area contributed by atoms with Crippen molar-refractivity contribution in [2.24, 2.45) is 0 Å². The van der Waals surface area contributed by atoms with Crippen LogP contribution in [0.25, 0.3) is 11.3 Å². The second kappa shape index (κ2) is 10.3. The zero-order valence-electron chi connectivity index (χ0n) is 19.0. The molecule has 0 unspecified atom stereocenters. The summed E-state index contributed by atoms with van der Waals surface area (Å²) in [5.74, 6) is -0.291. The Balaban J connectivity index is 1.68. The molecule has 0 N–H and O–H groups in total. The first-order valence-electron chi connectivity index (χ1n) is 10.8. The van der Waals surface area contributed by atoms with Gasteiger partial charge in [0.05, 0.1) is 10.6 Å². The monoisotopic (exact) mass is 491 g/mol. The summed E-state index contributed by atoms with van der Waals surface area (Å²) in [6, 6.07) is 25.9. The summed E-state index contributed by atoms with van der Waals surface area (Å²) >= 11 is 1.39. The van der Waals surface area contributed by atoms with E-state index in [0.29, 0.717) is 23.7 Å². The molecule has 174 valence electrons. The van der Waals surface area contributed by atoms with Gasteiger partial charge in [-0.15, -0.1) is 11.3 Å². The molecule has 0 bridgehead atoms. The van der Waals surface area contributed by atoms with Crippen LogP contribution in [0.2, 0.25) is 0 Å². The molecule has 4 aromatic rings. The second-order valence-corrected chi connectivity index (χ2v) is 10.9. The molecule has 1 amide bonds. The normalized spacial score (nSPS) is 11.5. The Morgan fingerprint density at radius 3 is 2.26 bits per heavy atom. The van der Waals surface area contributed by atoms with E-state index < -0.39 is 10.0 Å². The maximum absolute atomic E-state index is 13.6. The molecule has 1 aromatic heterocycles. The Hall–Kier alpha value is -3.33. The van der Waals surface area contributed by atoms with Crippen molar-refractivity contribution >= 4 is 32.4 Å². The lowest BCUT2D eigenvalue weighted by Crippen LogP contribution is -2.33. The predicted molar refractivity (Wildman–Crippen MR) is 137 cm³/mol. The Kier molecular flexibility index (Phi) is 7.21. The minimum atomic E-state index is -3.66. The highest BCUT2D eigenvalue weighted by atomic mass is 32.2. The maximum Gasteiger partial charge on any atom is 0.260 e. The number of aromatic nitrogens is 1. The van der Waals surface area contributed by atoms with Crippen molar-refractivity contribution in [3.05, 3.63) is 101 Å². The van der Waals surface area contributed by atoms with E-state index in [2.05, 4.69) is 0 Å². The molecular weight excluding hydrogens is 466 g/mol. The third-order valence-corrected chi connectivity index (χ3v) is 8.04. The van der Waals surface area contributed by atoms with Gasteiger partial charge in [-0.25, -0.2) is 17.7 Å². The Morgan fingerprint density at radius 2 is 1.59 bits per heavy atom. The van der Waals surface area contributed by atoms with Gasteiger partial charge in [0.1, 0.15) is 0 Å². The highest BCUT2D eigenvalue weighted by Gasteiger charge is 2.24. The molecule has 34 heavy (non-hydrogen) atoms. The minimum Gasteiger partial charge on any atom is -0.284 e. The van der Waals surface area contributed by atoms with Gasteiger partial charge in [-0.05, 0) is 30.2 Å². The molecule has 0 aliphatic heterocycles. The molecule has 8 heteroatoms. The predicted octanol–water partition coefficient (Wildman–Crippen LogP) is 4.95. The van der Waals surface area contributed by atoms with Gasteiger partial charge in [0.15, 0.2) is 5.13 Å². The molecule has 0 fully saturated rings. The summed E-state index contributed by atoms with van der Waals surface area (Å²) in [7, 11) is -0.723. The third-order valence-electron chi connectivity index (χ3n) is 5.36. The standard InChI is InChI=1S/C26H25N3O3S2/c1-28(2)34(31,32)23-15-9-14-22(18-23)25(30)29(17-16-20-10-5-3-6-11-20)26-27-24(19-33-26)21-12-7-4-8-13-21/h3-15,18-19H,16-17H2,1-2H3. The van der Waals surface area contributed by atoms with Gasteiger partial charge in [-0.1, -0.05) is 66.7 Å². The van der Waals surface area contributed by atoms with Crippen LogP contribution in [0.3, 0.4) is 0 Å². The smallest absolute Gasteiger partial charge is 0.260 e. The van der Waals surface area contributed by atoms with Crippen LogP contribution in [0.4, 0.5) is 5.13 Å². The van der Waals surface area contributed by atoms with E-state index in [4.69, 9.17) is 4.98 Å². The molecule has 4 rings (SSSR count). The highest BCUT2D eigenvalue weighted by molar-refractivity contribution is 7.89. The molecule has 3 aromatic carbocycles. The van der Waals surface area contributed by atoms with Crippen LogP contribution in [0.15, 0.2) is 95.2 Å².